The maximum absolute atomic E-state index is 13.3. The van der Waals surface area contributed by atoms with E-state index >= 15 is 0 Å². The smallest absolute Gasteiger partial charge is 0.283 e. The quantitative estimate of drug-likeness (QED) is 0.472. The van der Waals surface area contributed by atoms with Gasteiger partial charge in [-0.15, -0.1) is 0 Å². The molecule has 2 aliphatic carbocycles. The Hall–Kier alpha value is -3.03. The van der Waals surface area contributed by atoms with E-state index in [1.807, 2.05) is 0 Å². The lowest BCUT2D eigenvalue weighted by molar-refractivity contribution is -0.384. The number of hydrogen-bond donors (Lipinski definition) is 1. The molecule has 2 aromatic rings. The van der Waals surface area contributed by atoms with Crippen molar-refractivity contribution in [3.8, 4) is 11.3 Å². The zero-order valence-corrected chi connectivity index (χ0v) is 15.4. The van der Waals surface area contributed by atoms with Crippen molar-refractivity contribution in [2.75, 3.05) is 0 Å². The van der Waals surface area contributed by atoms with Gasteiger partial charge in [0.05, 0.1) is 22.8 Å². The molecule has 1 aromatic carbocycles. The fourth-order valence-electron chi connectivity index (χ4n) is 4.51. The number of nitro groups is 1. The van der Waals surface area contributed by atoms with E-state index < -0.39 is 10.7 Å². The molecule has 0 saturated heterocycles. The molecule has 8 heteroatoms. The van der Waals surface area contributed by atoms with E-state index in [2.05, 4.69) is 17.5 Å². The van der Waals surface area contributed by atoms with Crippen LogP contribution in [0.4, 0.5) is 10.1 Å². The van der Waals surface area contributed by atoms with Gasteiger partial charge in [-0.1, -0.05) is 19.8 Å². The number of hydrogen-bond acceptors (Lipinski definition) is 5. The molecule has 2 saturated carbocycles. The van der Waals surface area contributed by atoms with Crippen LogP contribution >= 0.6 is 0 Å². The number of benzene rings is 1. The minimum absolute atomic E-state index is 0.0150. The fraction of sp³-hybridized carbons (Fsp3) is 0.400. The average Bonchev–Trinajstić information content (AvgIpc) is 3.02. The standard InChI is InChI=1S/C20H20FN3O4/c1-20-9-3-2-4-15(20)18(20)19(25)23-22-11-13-6-8-17(28-13)14-7-5-12(21)10-16(14)24(26)27/h5-8,10-11,15,18H,2-4,9H2,1H3,(H,23,25)/b22-11-/t15-,18+,20+/m1/s1. The normalized spacial score (nSPS) is 26.1. The SMILES string of the molecule is C[C@]12CCCC[C@@H]1[C@H]2C(=O)N/N=C\c1ccc(-c2ccc(F)cc2[N+](=O)[O-])o1. The van der Waals surface area contributed by atoms with Gasteiger partial charge >= 0.3 is 0 Å². The Bertz CT molecular complexity index is 970. The van der Waals surface area contributed by atoms with Crippen LogP contribution in [-0.4, -0.2) is 17.0 Å². The molecule has 28 heavy (non-hydrogen) atoms. The number of carbonyl (C=O) groups is 1. The molecule has 3 atom stereocenters. The first kappa shape index (κ1) is 18.3. The van der Waals surface area contributed by atoms with Crippen LogP contribution in [0.25, 0.3) is 11.3 Å². The van der Waals surface area contributed by atoms with Gasteiger partial charge in [-0.2, -0.15) is 5.10 Å². The van der Waals surface area contributed by atoms with Gasteiger partial charge in [-0.3, -0.25) is 14.9 Å². The molecule has 1 aromatic heterocycles. The van der Waals surface area contributed by atoms with Crippen LogP contribution in [0.5, 0.6) is 0 Å². The van der Waals surface area contributed by atoms with E-state index in [1.165, 1.54) is 25.1 Å². The predicted octanol–water partition coefficient (Wildman–Crippen LogP) is 4.27. The summed E-state index contributed by atoms with van der Waals surface area (Å²) in [4.78, 5) is 22.8. The third-order valence-electron chi connectivity index (χ3n) is 6.03. The van der Waals surface area contributed by atoms with Crippen molar-refractivity contribution in [2.24, 2.45) is 22.4 Å². The number of carbonyl (C=O) groups excluding carboxylic acids is 1. The molecule has 2 fully saturated rings. The predicted molar refractivity (Wildman–Crippen MR) is 100 cm³/mol. The van der Waals surface area contributed by atoms with Gasteiger partial charge < -0.3 is 4.42 Å². The van der Waals surface area contributed by atoms with Crippen molar-refractivity contribution in [1.82, 2.24) is 5.43 Å². The summed E-state index contributed by atoms with van der Waals surface area (Å²) in [7, 11) is 0. The van der Waals surface area contributed by atoms with Gasteiger partial charge in [0.2, 0.25) is 5.91 Å². The molecule has 7 nitrogen and oxygen atoms in total. The lowest BCUT2D eigenvalue weighted by atomic mass is 9.90. The maximum Gasteiger partial charge on any atom is 0.283 e. The van der Waals surface area contributed by atoms with E-state index in [-0.39, 0.29) is 34.3 Å². The third-order valence-corrected chi connectivity index (χ3v) is 6.03. The van der Waals surface area contributed by atoms with E-state index in [1.54, 1.807) is 12.1 Å². The highest BCUT2D eigenvalue weighted by Gasteiger charge is 2.64. The second kappa shape index (κ2) is 6.85. The van der Waals surface area contributed by atoms with Gasteiger partial charge in [0.15, 0.2) is 0 Å². The van der Waals surface area contributed by atoms with Crippen molar-refractivity contribution < 1.29 is 18.5 Å². The molecule has 0 bridgehead atoms. The summed E-state index contributed by atoms with van der Waals surface area (Å²) in [6.45, 7) is 2.17. The van der Waals surface area contributed by atoms with Gasteiger partial charge in [-0.05, 0) is 48.4 Å². The van der Waals surface area contributed by atoms with Crippen LogP contribution in [0.1, 0.15) is 38.4 Å². The Labute approximate surface area is 160 Å². The number of furan rings is 1. The number of nitrogens with one attached hydrogen (secondary N) is 1. The summed E-state index contributed by atoms with van der Waals surface area (Å²) in [5.41, 5.74) is 2.47. The molecule has 1 N–H and O–H groups in total. The summed E-state index contributed by atoms with van der Waals surface area (Å²) in [5, 5.41) is 15.1. The maximum atomic E-state index is 13.3. The molecule has 0 unspecified atom stereocenters. The lowest BCUT2D eigenvalue weighted by Gasteiger charge is -2.15. The zero-order valence-electron chi connectivity index (χ0n) is 15.4. The molecule has 1 heterocycles. The Balaban J connectivity index is 1.43. The Morgan fingerprint density at radius 1 is 1.39 bits per heavy atom. The van der Waals surface area contributed by atoms with E-state index in [0.29, 0.717) is 11.7 Å². The molecule has 0 radical (unpaired) electrons. The monoisotopic (exact) mass is 385 g/mol. The molecule has 1 amide bonds. The average molecular weight is 385 g/mol. The second-order valence-corrected chi connectivity index (χ2v) is 7.69. The topological polar surface area (TPSA) is 97.7 Å². The summed E-state index contributed by atoms with van der Waals surface area (Å²) in [6, 6.07) is 6.40. The van der Waals surface area contributed by atoms with Crippen molar-refractivity contribution in [3.05, 3.63) is 52.0 Å². The van der Waals surface area contributed by atoms with Crippen LogP contribution in [0.3, 0.4) is 0 Å². The highest BCUT2D eigenvalue weighted by atomic mass is 19.1. The van der Waals surface area contributed by atoms with E-state index in [0.717, 1.165) is 25.0 Å². The molecular formula is C20H20FN3O4. The zero-order chi connectivity index (χ0) is 19.9. The Morgan fingerprint density at radius 3 is 2.93 bits per heavy atom. The summed E-state index contributed by atoms with van der Waals surface area (Å²) >= 11 is 0. The summed E-state index contributed by atoms with van der Waals surface area (Å²) < 4.78 is 18.8. The molecular weight excluding hydrogens is 365 g/mol. The van der Waals surface area contributed by atoms with Crippen LogP contribution < -0.4 is 5.43 Å². The first-order valence-corrected chi connectivity index (χ1v) is 9.27. The van der Waals surface area contributed by atoms with Crippen molar-refractivity contribution in [2.45, 2.75) is 32.6 Å². The van der Waals surface area contributed by atoms with E-state index in [9.17, 15) is 19.3 Å². The molecule has 0 spiro atoms. The van der Waals surface area contributed by atoms with Gasteiger partial charge in [0.25, 0.3) is 5.69 Å². The number of nitrogens with zero attached hydrogens (tertiary/aromatic N) is 2. The molecule has 4 rings (SSSR count). The van der Waals surface area contributed by atoms with Crippen LogP contribution in [-0.2, 0) is 4.79 Å². The van der Waals surface area contributed by atoms with Crippen molar-refractivity contribution in [3.63, 3.8) is 0 Å². The number of hydrazone groups is 1. The minimum Gasteiger partial charge on any atom is -0.455 e. The Kier molecular flexibility index (Phi) is 4.49. The van der Waals surface area contributed by atoms with Crippen LogP contribution in [0.15, 0.2) is 39.9 Å². The van der Waals surface area contributed by atoms with Crippen molar-refractivity contribution in [1.29, 1.82) is 0 Å². The Morgan fingerprint density at radius 2 is 2.21 bits per heavy atom. The summed E-state index contributed by atoms with van der Waals surface area (Å²) in [5.74, 6) is 0.243. The van der Waals surface area contributed by atoms with Gasteiger partial charge in [-0.25, -0.2) is 9.82 Å². The van der Waals surface area contributed by atoms with Crippen LogP contribution in [0.2, 0.25) is 0 Å². The highest BCUT2D eigenvalue weighted by molar-refractivity contribution is 5.85. The van der Waals surface area contributed by atoms with Gasteiger partial charge in [0, 0.05) is 5.92 Å². The number of nitro benzene ring substituents is 1. The minimum atomic E-state index is -0.694. The highest BCUT2D eigenvalue weighted by Crippen LogP contribution is 2.66. The number of amides is 1. The number of halogens is 1. The third kappa shape index (κ3) is 3.19. The fourth-order valence-corrected chi connectivity index (χ4v) is 4.51. The van der Waals surface area contributed by atoms with Crippen LogP contribution in [0, 0.1) is 33.2 Å². The van der Waals surface area contributed by atoms with Gasteiger partial charge in [0.1, 0.15) is 17.3 Å². The molecule has 2 aliphatic rings. The van der Waals surface area contributed by atoms with E-state index in [4.69, 9.17) is 4.42 Å². The second-order valence-electron chi connectivity index (χ2n) is 7.69. The first-order valence-electron chi connectivity index (χ1n) is 9.27. The summed E-state index contributed by atoms with van der Waals surface area (Å²) in [6.07, 6.45) is 5.88. The van der Waals surface area contributed by atoms with Crippen molar-refractivity contribution >= 4 is 17.8 Å². The molecule has 0 aliphatic heterocycles. The first-order chi connectivity index (χ1) is 13.4. The molecule has 146 valence electrons. The number of fused-ring (bicyclic) bond motifs is 1. The number of rotatable bonds is 5. The lowest BCUT2D eigenvalue weighted by Crippen LogP contribution is -2.22. The largest absolute Gasteiger partial charge is 0.455 e.